The van der Waals surface area contributed by atoms with Gasteiger partial charge in [0, 0.05) is 11.6 Å². The van der Waals surface area contributed by atoms with Crippen molar-refractivity contribution < 1.29 is 23.9 Å². The molecule has 3 atom stereocenters. The molecule has 0 unspecified atom stereocenters. The van der Waals surface area contributed by atoms with E-state index in [0.717, 1.165) is 19.3 Å². The Balaban J connectivity index is 1.65. The van der Waals surface area contributed by atoms with Crippen LogP contribution in [0.3, 0.4) is 0 Å². The van der Waals surface area contributed by atoms with Crippen molar-refractivity contribution in [1.29, 1.82) is 0 Å². The predicted octanol–water partition coefficient (Wildman–Crippen LogP) is 3.20. The molecule has 0 spiro atoms. The van der Waals surface area contributed by atoms with E-state index in [2.05, 4.69) is 0 Å². The number of carbonyl (C=O) groups excluding carboxylic acids is 3. The van der Waals surface area contributed by atoms with Gasteiger partial charge in [-0.15, -0.1) is 0 Å². The first-order chi connectivity index (χ1) is 12.3. The Morgan fingerprint density at radius 1 is 1.12 bits per heavy atom. The lowest BCUT2D eigenvalue weighted by atomic mass is 9.99. The number of likely N-dealkylation sites (tertiary alicyclic amines) is 1. The summed E-state index contributed by atoms with van der Waals surface area (Å²) in [4.78, 5) is 38.8. The molecule has 2 fully saturated rings. The molecule has 0 aromatic heterocycles. The van der Waals surface area contributed by atoms with E-state index < -0.39 is 23.7 Å². The van der Waals surface area contributed by atoms with Crippen LogP contribution in [-0.2, 0) is 14.3 Å². The van der Waals surface area contributed by atoms with Crippen molar-refractivity contribution in [2.24, 2.45) is 5.92 Å². The van der Waals surface area contributed by atoms with Crippen molar-refractivity contribution in [3.05, 3.63) is 35.9 Å². The van der Waals surface area contributed by atoms with Crippen LogP contribution in [0.5, 0.6) is 0 Å². The number of hydrogen-bond donors (Lipinski definition) is 0. The molecule has 26 heavy (non-hydrogen) atoms. The Labute approximate surface area is 153 Å². The largest absolute Gasteiger partial charge is 0.456 e. The van der Waals surface area contributed by atoms with Crippen LogP contribution in [0.1, 0.15) is 50.4 Å². The number of rotatable bonds is 4. The highest BCUT2D eigenvalue weighted by molar-refractivity contribution is 5.98. The molecule has 2 aliphatic rings. The normalized spacial score (nSPS) is 24.4. The van der Waals surface area contributed by atoms with E-state index in [4.69, 9.17) is 9.47 Å². The summed E-state index contributed by atoms with van der Waals surface area (Å²) in [5.41, 5.74) is -0.131. The molecule has 1 saturated carbocycles. The van der Waals surface area contributed by atoms with Crippen molar-refractivity contribution in [2.45, 2.75) is 57.7 Å². The quantitative estimate of drug-likeness (QED) is 0.610. The summed E-state index contributed by atoms with van der Waals surface area (Å²) >= 11 is 0. The maximum Gasteiger partial charge on any atom is 0.411 e. The first-order valence-corrected chi connectivity index (χ1v) is 9.02. The molecule has 1 aliphatic carbocycles. The second-order valence-corrected chi connectivity index (χ2v) is 7.96. The second kappa shape index (κ2) is 7.09. The smallest absolute Gasteiger partial charge is 0.411 e. The molecule has 1 aliphatic heterocycles. The summed E-state index contributed by atoms with van der Waals surface area (Å²) < 4.78 is 10.7. The van der Waals surface area contributed by atoms with Gasteiger partial charge in [-0.25, -0.2) is 9.59 Å². The maximum atomic E-state index is 12.6. The van der Waals surface area contributed by atoms with Crippen molar-refractivity contribution in [3.63, 3.8) is 0 Å². The van der Waals surface area contributed by atoms with Crippen LogP contribution in [0.4, 0.5) is 4.79 Å². The number of nitrogens with zero attached hydrogens (tertiary/aromatic N) is 1. The molecule has 1 amide bonds. The monoisotopic (exact) mass is 359 g/mol. The average Bonchev–Trinajstić information content (AvgIpc) is 3.19. The van der Waals surface area contributed by atoms with Crippen molar-refractivity contribution in [1.82, 2.24) is 4.90 Å². The number of hydrogen-bond acceptors (Lipinski definition) is 5. The minimum absolute atomic E-state index is 0.0113. The molecule has 1 saturated heterocycles. The zero-order valence-electron chi connectivity index (χ0n) is 15.4. The molecule has 140 valence electrons. The SMILES string of the molecule is CC(C)(C)OC(=O)N1[C@@H]2CC[C@@H](C2)[C@H]1C(=O)OCC(=O)c1ccccc1. The van der Waals surface area contributed by atoms with Crippen molar-refractivity contribution >= 4 is 17.8 Å². The Kier molecular flexibility index (Phi) is 5.03. The number of piperidine rings is 1. The van der Waals surface area contributed by atoms with Gasteiger partial charge in [0.15, 0.2) is 12.4 Å². The van der Waals surface area contributed by atoms with Crippen molar-refractivity contribution in [2.75, 3.05) is 6.61 Å². The lowest BCUT2D eigenvalue weighted by Gasteiger charge is -2.35. The van der Waals surface area contributed by atoms with Gasteiger partial charge in [-0.2, -0.15) is 0 Å². The molecular formula is C20H25NO5. The van der Waals surface area contributed by atoms with Gasteiger partial charge in [0.1, 0.15) is 11.6 Å². The van der Waals surface area contributed by atoms with Gasteiger partial charge in [0.05, 0.1) is 0 Å². The Hall–Kier alpha value is -2.37. The molecular weight excluding hydrogens is 334 g/mol. The summed E-state index contributed by atoms with van der Waals surface area (Å²) in [6.07, 6.45) is 2.06. The van der Waals surface area contributed by atoms with E-state index in [1.807, 2.05) is 6.07 Å². The van der Waals surface area contributed by atoms with Crippen LogP contribution in [-0.4, -0.2) is 47.0 Å². The topological polar surface area (TPSA) is 72.9 Å². The fourth-order valence-corrected chi connectivity index (χ4v) is 3.80. The summed E-state index contributed by atoms with van der Waals surface area (Å²) in [6, 6.07) is 8.05. The minimum atomic E-state index is -0.660. The summed E-state index contributed by atoms with van der Waals surface area (Å²) in [7, 11) is 0. The first kappa shape index (κ1) is 18.4. The number of fused-ring (bicyclic) bond motifs is 2. The molecule has 1 aromatic rings. The summed E-state index contributed by atoms with van der Waals surface area (Å²) in [5.74, 6) is -0.704. The molecule has 6 heteroatoms. The number of Topliss-reactive ketones (excluding diaryl/α,β-unsaturated/α-hetero) is 1. The van der Waals surface area contributed by atoms with E-state index in [-0.39, 0.29) is 24.3 Å². The van der Waals surface area contributed by atoms with Gasteiger partial charge in [-0.05, 0) is 46.0 Å². The molecule has 0 N–H and O–H groups in total. The second-order valence-electron chi connectivity index (χ2n) is 7.96. The van der Waals surface area contributed by atoms with Crippen LogP contribution in [0.15, 0.2) is 30.3 Å². The van der Waals surface area contributed by atoms with Crippen molar-refractivity contribution in [3.8, 4) is 0 Å². The Morgan fingerprint density at radius 2 is 1.81 bits per heavy atom. The summed E-state index contributed by atoms with van der Waals surface area (Å²) in [6.45, 7) is 5.07. The lowest BCUT2D eigenvalue weighted by Crippen LogP contribution is -2.51. The number of carbonyl (C=O) groups is 3. The predicted molar refractivity (Wildman–Crippen MR) is 94.7 cm³/mol. The van der Waals surface area contributed by atoms with Gasteiger partial charge in [0.25, 0.3) is 0 Å². The zero-order chi connectivity index (χ0) is 18.9. The highest BCUT2D eigenvalue weighted by atomic mass is 16.6. The molecule has 3 rings (SSSR count). The van der Waals surface area contributed by atoms with Crippen LogP contribution < -0.4 is 0 Å². The highest BCUT2D eigenvalue weighted by Gasteiger charge is 2.53. The average molecular weight is 359 g/mol. The van der Waals surface area contributed by atoms with Gasteiger partial charge in [-0.3, -0.25) is 9.69 Å². The highest BCUT2D eigenvalue weighted by Crippen LogP contribution is 2.43. The molecule has 2 bridgehead atoms. The lowest BCUT2D eigenvalue weighted by molar-refractivity contribution is -0.150. The Morgan fingerprint density at radius 3 is 2.46 bits per heavy atom. The standard InChI is InChI=1S/C20H25NO5/c1-20(2,3)26-19(24)21-15-10-9-14(11-15)17(21)18(23)25-12-16(22)13-7-5-4-6-8-13/h4-8,14-15,17H,9-12H2,1-3H3/t14-,15+,17-/m0/s1. The van der Waals surface area contributed by atoms with E-state index in [9.17, 15) is 14.4 Å². The number of esters is 1. The van der Waals surface area contributed by atoms with E-state index in [1.54, 1.807) is 45.0 Å². The molecule has 6 nitrogen and oxygen atoms in total. The maximum absolute atomic E-state index is 12.6. The molecule has 1 aromatic carbocycles. The van der Waals surface area contributed by atoms with Gasteiger partial charge >= 0.3 is 12.1 Å². The number of ketones is 1. The van der Waals surface area contributed by atoms with Crippen LogP contribution in [0, 0.1) is 5.92 Å². The van der Waals surface area contributed by atoms with Crippen LogP contribution >= 0.6 is 0 Å². The fourth-order valence-electron chi connectivity index (χ4n) is 3.80. The number of amides is 1. The Bertz CT molecular complexity index is 694. The minimum Gasteiger partial charge on any atom is -0.456 e. The zero-order valence-corrected chi connectivity index (χ0v) is 15.4. The first-order valence-electron chi connectivity index (χ1n) is 9.02. The van der Waals surface area contributed by atoms with E-state index in [0.29, 0.717) is 5.56 Å². The van der Waals surface area contributed by atoms with Gasteiger partial charge < -0.3 is 9.47 Å². The summed E-state index contributed by atoms with van der Waals surface area (Å²) in [5, 5.41) is 0. The van der Waals surface area contributed by atoms with Crippen LogP contribution in [0.25, 0.3) is 0 Å². The van der Waals surface area contributed by atoms with E-state index in [1.165, 1.54) is 4.90 Å². The van der Waals surface area contributed by atoms with E-state index >= 15 is 0 Å². The number of ether oxygens (including phenoxy) is 2. The van der Waals surface area contributed by atoms with Gasteiger partial charge in [-0.1, -0.05) is 30.3 Å². The van der Waals surface area contributed by atoms with Gasteiger partial charge in [0.2, 0.25) is 0 Å². The number of benzene rings is 1. The third-order valence-electron chi connectivity index (χ3n) is 4.87. The molecule has 0 radical (unpaired) electrons. The molecule has 1 heterocycles. The fraction of sp³-hybridized carbons (Fsp3) is 0.550. The van der Waals surface area contributed by atoms with Crippen LogP contribution in [0.2, 0.25) is 0 Å². The third-order valence-corrected chi connectivity index (χ3v) is 4.87. The third kappa shape index (κ3) is 3.89.